The first-order valence-electron chi connectivity index (χ1n) is 25.0. The van der Waals surface area contributed by atoms with Crippen molar-refractivity contribution in [2.45, 2.75) is 77.0 Å². The van der Waals surface area contributed by atoms with E-state index in [0.29, 0.717) is 0 Å². The van der Waals surface area contributed by atoms with Gasteiger partial charge < -0.3 is 15.0 Å². The first kappa shape index (κ1) is 50.6. The van der Waals surface area contributed by atoms with Gasteiger partial charge in [-0.25, -0.2) is 0 Å². The molecule has 0 bridgehead atoms. The fourth-order valence-electron chi connectivity index (χ4n) is 10.0. The minimum atomic E-state index is -0.352. The second-order valence-corrected chi connectivity index (χ2v) is 21.1. The average molecular weight is 1120 g/mol. The molecule has 0 atom stereocenters. The van der Waals surface area contributed by atoms with Gasteiger partial charge in [0.2, 0.25) is 0 Å². The molecule has 0 aliphatic heterocycles. The summed E-state index contributed by atoms with van der Waals surface area (Å²) >= 11 is 0. The van der Waals surface area contributed by atoms with Gasteiger partial charge in [-0.3, -0.25) is 0 Å². The molecule has 10 rings (SSSR count). The summed E-state index contributed by atoms with van der Waals surface area (Å²) in [7, 11) is 0. The fourth-order valence-corrected chi connectivity index (χ4v) is 10.0. The average Bonchev–Trinajstić information content (AvgIpc) is 3.43. The van der Waals surface area contributed by atoms with E-state index < -0.39 is 0 Å². The van der Waals surface area contributed by atoms with Gasteiger partial charge in [0.1, 0.15) is 0 Å². The third-order valence-corrected chi connectivity index (χ3v) is 16.2. The first-order valence-corrected chi connectivity index (χ1v) is 25.0. The molecule has 0 saturated heterocycles. The van der Waals surface area contributed by atoms with E-state index in [9.17, 15) is 0 Å². The Morgan fingerprint density at radius 3 is 1.16 bits per heavy atom. The molecule has 0 N–H and O–H groups in total. The molecule has 10 aromatic rings. The number of hydrogen-bond acceptors (Lipinski definition) is 3. The van der Waals surface area contributed by atoms with E-state index >= 15 is 0 Å². The van der Waals surface area contributed by atoms with Gasteiger partial charge in [0.25, 0.3) is 0 Å². The fraction of sp³-hybridized carbons (Fsp3) is 0.174. The molecule has 3 heterocycles. The minimum Gasteiger partial charge on any atom is -0.305 e. The van der Waals surface area contributed by atoms with E-state index in [2.05, 4.69) is 235 Å². The van der Waals surface area contributed by atoms with Gasteiger partial charge in [0, 0.05) is 18.6 Å². The molecule has 4 heteroatoms. The van der Waals surface area contributed by atoms with E-state index in [1.165, 1.54) is 38.9 Å². The van der Waals surface area contributed by atoms with Crippen molar-refractivity contribution in [3.63, 3.8) is 0 Å². The monoisotopic (exact) mass is 1120 g/mol. The van der Waals surface area contributed by atoms with E-state index in [0.717, 1.165) is 61.6 Å². The molecule has 0 aliphatic carbocycles. The van der Waals surface area contributed by atoms with Crippen LogP contribution in [0.4, 0.5) is 0 Å². The maximum absolute atomic E-state index is 4.75. The van der Waals surface area contributed by atoms with Crippen LogP contribution in [0, 0.1) is 18.2 Å². The quantitative estimate of drug-likeness (QED) is 0.108. The van der Waals surface area contributed by atoms with Crippen molar-refractivity contribution in [3.8, 4) is 78.3 Å². The van der Waals surface area contributed by atoms with Crippen LogP contribution in [-0.4, -0.2) is 15.0 Å². The summed E-state index contributed by atoms with van der Waals surface area (Å²) in [5.41, 5.74) is 18.5. The molecule has 0 unspecified atom stereocenters. The van der Waals surface area contributed by atoms with Crippen LogP contribution in [0.5, 0.6) is 0 Å². The predicted molar refractivity (Wildman–Crippen MR) is 299 cm³/mol. The zero-order valence-electron chi connectivity index (χ0n) is 43.0. The Bertz CT molecular complexity index is 3330. The number of aromatic nitrogens is 3. The Hall–Kier alpha value is -7.36. The van der Waals surface area contributed by atoms with Crippen LogP contribution in [0.2, 0.25) is 0 Å². The summed E-state index contributed by atoms with van der Waals surface area (Å²) in [6.45, 7) is 19.1. The van der Waals surface area contributed by atoms with Crippen LogP contribution in [0.3, 0.4) is 0 Å². The summed E-state index contributed by atoms with van der Waals surface area (Å²) < 4.78 is 0. The van der Waals surface area contributed by atoms with Crippen molar-refractivity contribution in [2.75, 3.05) is 0 Å². The topological polar surface area (TPSA) is 38.7 Å². The van der Waals surface area contributed by atoms with Crippen LogP contribution in [0.15, 0.2) is 219 Å². The van der Waals surface area contributed by atoms with Gasteiger partial charge in [0.15, 0.2) is 0 Å². The second-order valence-electron chi connectivity index (χ2n) is 21.1. The summed E-state index contributed by atoms with van der Waals surface area (Å²) in [5.74, 6) is 0. The van der Waals surface area contributed by atoms with Gasteiger partial charge in [-0.1, -0.05) is 206 Å². The predicted octanol–water partition coefficient (Wildman–Crippen LogP) is 17.4. The maximum Gasteiger partial charge on any atom is 3.00 e. The van der Waals surface area contributed by atoms with Crippen molar-refractivity contribution in [3.05, 3.63) is 259 Å². The number of rotatable bonds is 13. The van der Waals surface area contributed by atoms with E-state index in [1.807, 2.05) is 67.1 Å². The van der Waals surface area contributed by atoms with E-state index in [1.54, 1.807) is 0 Å². The molecule has 0 spiro atoms. The SMILES string of the molecule is CC(C)(c1c[c-]c(-c2ccccn2)cc1)C(C)(C)c1cc(-c2ccccc2-c2c[c-]c(-c3ccccn3)cc2-c2ccc(-c3ccccc3)cc2)cc(C(C)(C)C(C)(C)c2c[c-]c(-c3ccccn3)cc2)c1.[Ir+3]. The van der Waals surface area contributed by atoms with E-state index in [4.69, 9.17) is 4.98 Å². The molecule has 0 saturated carbocycles. The van der Waals surface area contributed by atoms with Gasteiger partial charge in [-0.2, -0.15) is 0 Å². The summed E-state index contributed by atoms with van der Waals surface area (Å²) in [6.07, 6.45) is 5.53. The molecule has 3 aromatic heterocycles. The number of nitrogens with zero attached hydrogens (tertiary/aromatic N) is 3. The number of pyridine rings is 3. The first-order chi connectivity index (χ1) is 34.7. The Morgan fingerprint density at radius 2 is 0.699 bits per heavy atom. The van der Waals surface area contributed by atoms with Crippen molar-refractivity contribution in [2.24, 2.45) is 0 Å². The summed E-state index contributed by atoms with van der Waals surface area (Å²) in [6, 6.07) is 82.4. The van der Waals surface area contributed by atoms with Gasteiger partial charge in [-0.15, -0.1) is 94.5 Å². The Kier molecular flexibility index (Phi) is 14.3. The van der Waals surface area contributed by atoms with Gasteiger partial charge in [-0.05, 0) is 95.9 Å². The summed E-state index contributed by atoms with van der Waals surface area (Å²) in [5, 5.41) is 0. The third-order valence-electron chi connectivity index (χ3n) is 16.2. The molecule has 0 amide bonds. The molecule has 360 valence electrons. The van der Waals surface area contributed by atoms with Crippen LogP contribution < -0.4 is 0 Å². The smallest absolute Gasteiger partial charge is 0.305 e. The Labute approximate surface area is 446 Å². The molecular weight excluding hydrogens is 1060 g/mol. The number of hydrogen-bond donors (Lipinski definition) is 0. The molecule has 0 aliphatic rings. The van der Waals surface area contributed by atoms with Crippen LogP contribution in [-0.2, 0) is 41.8 Å². The normalized spacial score (nSPS) is 12.0. The molecular formula is C69H60IrN3. The minimum absolute atomic E-state index is 0. The number of benzene rings is 7. The zero-order valence-corrected chi connectivity index (χ0v) is 45.4. The van der Waals surface area contributed by atoms with Crippen LogP contribution in [0.1, 0.15) is 77.6 Å². The van der Waals surface area contributed by atoms with Gasteiger partial charge >= 0.3 is 20.1 Å². The van der Waals surface area contributed by atoms with Gasteiger partial charge in [0.05, 0.1) is 0 Å². The largest absolute Gasteiger partial charge is 3.00 e. The molecule has 0 radical (unpaired) electrons. The van der Waals surface area contributed by atoms with Crippen molar-refractivity contribution in [1.29, 1.82) is 0 Å². The Morgan fingerprint density at radius 1 is 0.288 bits per heavy atom. The molecule has 3 nitrogen and oxygen atoms in total. The Balaban J connectivity index is 0.00000656. The van der Waals surface area contributed by atoms with Crippen LogP contribution >= 0.6 is 0 Å². The summed E-state index contributed by atoms with van der Waals surface area (Å²) in [4.78, 5) is 14.0. The second kappa shape index (κ2) is 20.6. The maximum atomic E-state index is 4.75. The zero-order chi connectivity index (χ0) is 50.1. The third kappa shape index (κ3) is 9.83. The van der Waals surface area contributed by atoms with Crippen molar-refractivity contribution in [1.82, 2.24) is 15.0 Å². The van der Waals surface area contributed by atoms with E-state index in [-0.39, 0.29) is 41.8 Å². The van der Waals surface area contributed by atoms with Crippen molar-refractivity contribution >= 4 is 0 Å². The standard InChI is InChI=1S/C69H60N3.Ir/c1-66(2,55-36-31-51(32-37-55)63-24-14-17-41-70-63)68(5,6)57-44-54(45-58(47-57)69(7,8)67(3,4)56-38-33-52(34-39-56)64-25-15-18-42-71-64)59-22-12-13-23-60(59)61-40-35-53(65-26-16-19-43-72-65)46-62(61)50-29-27-49(28-30-50)48-20-10-9-11-21-48;/h9-31,33,36-47H,1-8H3;/q-3;+3. The molecule has 7 aromatic carbocycles. The molecule has 0 fully saturated rings. The van der Waals surface area contributed by atoms with Crippen LogP contribution in [0.25, 0.3) is 78.3 Å². The van der Waals surface area contributed by atoms with Crippen molar-refractivity contribution < 1.29 is 20.1 Å². The molecule has 73 heavy (non-hydrogen) atoms.